The van der Waals surface area contributed by atoms with Gasteiger partial charge in [-0.2, -0.15) is 4.68 Å². The second-order valence-electron chi connectivity index (χ2n) is 4.05. The van der Waals surface area contributed by atoms with Crippen molar-refractivity contribution < 1.29 is 9.47 Å². The van der Waals surface area contributed by atoms with E-state index in [1.54, 1.807) is 12.4 Å². The minimum Gasteiger partial charge on any atom is -0.436 e. The van der Waals surface area contributed by atoms with E-state index >= 15 is 0 Å². The molecule has 2 aromatic carbocycles. The van der Waals surface area contributed by atoms with Gasteiger partial charge >= 0.3 is 6.41 Å². The first-order valence-electron chi connectivity index (χ1n) is 6.21. The van der Waals surface area contributed by atoms with Crippen LogP contribution < -0.4 is 9.47 Å². The molecular formula is C15H13N3O2. The summed E-state index contributed by atoms with van der Waals surface area (Å²) in [6.07, 6.45) is 2.56. The van der Waals surface area contributed by atoms with Gasteiger partial charge in [0.2, 0.25) is 0 Å². The van der Waals surface area contributed by atoms with Crippen molar-refractivity contribution in [1.29, 1.82) is 0 Å². The third-order valence-electron chi connectivity index (χ3n) is 2.62. The SMILES string of the molecule is c1ccc(OC(Oc2ccccc2)n2ccnn2)cc1. The Bertz CT molecular complexity index is 585. The Kier molecular flexibility index (Phi) is 3.59. The first kappa shape index (κ1) is 12.2. The van der Waals surface area contributed by atoms with Gasteiger partial charge in [-0.05, 0) is 24.3 Å². The van der Waals surface area contributed by atoms with Gasteiger partial charge in [0.25, 0.3) is 0 Å². The molecule has 100 valence electrons. The Morgan fingerprint density at radius 2 is 1.35 bits per heavy atom. The number of hydrogen-bond acceptors (Lipinski definition) is 4. The van der Waals surface area contributed by atoms with Crippen LogP contribution in [0.3, 0.4) is 0 Å². The van der Waals surface area contributed by atoms with E-state index in [-0.39, 0.29) is 0 Å². The molecule has 0 fully saturated rings. The van der Waals surface area contributed by atoms with Crippen molar-refractivity contribution in [2.24, 2.45) is 0 Å². The lowest BCUT2D eigenvalue weighted by Crippen LogP contribution is -2.22. The van der Waals surface area contributed by atoms with E-state index < -0.39 is 6.41 Å². The van der Waals surface area contributed by atoms with Crippen LogP contribution in [-0.4, -0.2) is 15.0 Å². The molecule has 0 bridgehead atoms. The summed E-state index contributed by atoms with van der Waals surface area (Å²) < 4.78 is 13.1. The van der Waals surface area contributed by atoms with Gasteiger partial charge in [0, 0.05) is 0 Å². The molecule has 0 radical (unpaired) electrons. The van der Waals surface area contributed by atoms with Crippen LogP contribution in [0.4, 0.5) is 0 Å². The van der Waals surface area contributed by atoms with Crippen LogP contribution in [0.1, 0.15) is 6.41 Å². The molecule has 1 aromatic heterocycles. The van der Waals surface area contributed by atoms with E-state index in [1.807, 2.05) is 60.7 Å². The maximum atomic E-state index is 5.80. The van der Waals surface area contributed by atoms with Crippen molar-refractivity contribution in [3.63, 3.8) is 0 Å². The molecule has 0 amide bonds. The summed E-state index contributed by atoms with van der Waals surface area (Å²) in [4.78, 5) is 0. The zero-order valence-corrected chi connectivity index (χ0v) is 10.7. The van der Waals surface area contributed by atoms with Gasteiger partial charge in [-0.25, -0.2) is 0 Å². The molecule has 20 heavy (non-hydrogen) atoms. The maximum Gasteiger partial charge on any atom is 0.347 e. The van der Waals surface area contributed by atoms with Gasteiger partial charge in [0.05, 0.1) is 12.4 Å². The Labute approximate surface area is 116 Å². The van der Waals surface area contributed by atoms with E-state index in [1.165, 1.54) is 4.68 Å². The van der Waals surface area contributed by atoms with Gasteiger partial charge < -0.3 is 9.47 Å². The number of rotatable bonds is 5. The fourth-order valence-electron chi connectivity index (χ4n) is 1.69. The molecule has 0 aliphatic heterocycles. The molecule has 5 nitrogen and oxygen atoms in total. The Hall–Kier alpha value is -2.82. The molecule has 0 spiro atoms. The predicted molar refractivity (Wildman–Crippen MR) is 73.2 cm³/mol. The second kappa shape index (κ2) is 5.88. The standard InChI is InChI=1S/C15H13N3O2/c1-3-7-13(8-4-1)19-15(18-12-11-16-17-18)20-14-9-5-2-6-10-14/h1-12,15H. The lowest BCUT2D eigenvalue weighted by Gasteiger charge is -2.19. The smallest absolute Gasteiger partial charge is 0.347 e. The second-order valence-corrected chi connectivity index (χ2v) is 4.05. The Morgan fingerprint density at radius 1 is 0.800 bits per heavy atom. The van der Waals surface area contributed by atoms with Crippen molar-refractivity contribution in [2.75, 3.05) is 0 Å². The summed E-state index contributed by atoms with van der Waals surface area (Å²) in [5.74, 6) is 1.40. The minimum absolute atomic E-state index is 0.698. The molecule has 1 heterocycles. The summed E-state index contributed by atoms with van der Waals surface area (Å²) in [5.41, 5.74) is 0. The van der Waals surface area contributed by atoms with E-state index in [2.05, 4.69) is 10.3 Å². The summed E-state index contributed by atoms with van der Waals surface area (Å²) in [7, 11) is 0. The molecule has 0 aliphatic rings. The van der Waals surface area contributed by atoms with E-state index in [4.69, 9.17) is 9.47 Å². The van der Waals surface area contributed by atoms with Crippen LogP contribution in [0.2, 0.25) is 0 Å². The fraction of sp³-hybridized carbons (Fsp3) is 0.0667. The van der Waals surface area contributed by atoms with Gasteiger partial charge in [-0.15, -0.1) is 5.10 Å². The summed E-state index contributed by atoms with van der Waals surface area (Å²) in [5, 5.41) is 7.70. The molecule has 0 unspecified atom stereocenters. The number of benzene rings is 2. The number of aromatic nitrogens is 3. The highest BCUT2D eigenvalue weighted by Gasteiger charge is 2.15. The third kappa shape index (κ3) is 2.95. The average Bonchev–Trinajstić information content (AvgIpc) is 3.03. The quantitative estimate of drug-likeness (QED) is 0.667. The van der Waals surface area contributed by atoms with Crippen LogP contribution >= 0.6 is 0 Å². The lowest BCUT2D eigenvalue weighted by molar-refractivity contribution is -0.0667. The van der Waals surface area contributed by atoms with Crippen molar-refractivity contribution >= 4 is 0 Å². The number of nitrogens with zero attached hydrogens (tertiary/aromatic N) is 3. The van der Waals surface area contributed by atoms with E-state index in [0.717, 1.165) is 0 Å². The monoisotopic (exact) mass is 267 g/mol. The molecule has 0 saturated heterocycles. The molecule has 3 rings (SSSR count). The Morgan fingerprint density at radius 3 is 1.80 bits per heavy atom. The van der Waals surface area contributed by atoms with Gasteiger partial charge in [0.1, 0.15) is 11.5 Å². The molecule has 0 atom stereocenters. The Balaban J connectivity index is 1.81. The zero-order valence-electron chi connectivity index (χ0n) is 10.7. The summed E-state index contributed by atoms with van der Waals surface area (Å²) >= 11 is 0. The highest BCUT2D eigenvalue weighted by Crippen LogP contribution is 2.20. The van der Waals surface area contributed by atoms with E-state index in [0.29, 0.717) is 11.5 Å². The number of ether oxygens (including phenoxy) is 2. The highest BCUT2D eigenvalue weighted by molar-refractivity contribution is 5.22. The topological polar surface area (TPSA) is 49.2 Å². The molecule has 0 aliphatic carbocycles. The number of para-hydroxylation sites is 2. The summed E-state index contributed by atoms with van der Waals surface area (Å²) in [6.45, 7) is 0. The first-order chi connectivity index (χ1) is 9.92. The molecule has 5 heteroatoms. The molecular weight excluding hydrogens is 254 g/mol. The average molecular weight is 267 g/mol. The minimum atomic E-state index is -0.706. The van der Waals surface area contributed by atoms with Crippen molar-refractivity contribution in [2.45, 2.75) is 6.41 Å². The van der Waals surface area contributed by atoms with E-state index in [9.17, 15) is 0 Å². The van der Waals surface area contributed by atoms with Crippen molar-refractivity contribution in [3.8, 4) is 11.5 Å². The predicted octanol–water partition coefficient (Wildman–Crippen LogP) is 2.89. The lowest BCUT2D eigenvalue weighted by atomic mass is 10.3. The third-order valence-corrected chi connectivity index (χ3v) is 2.62. The van der Waals surface area contributed by atoms with Gasteiger partial charge in [0.15, 0.2) is 0 Å². The van der Waals surface area contributed by atoms with Crippen LogP contribution in [0.15, 0.2) is 73.1 Å². The number of hydrogen-bond donors (Lipinski definition) is 0. The van der Waals surface area contributed by atoms with Gasteiger partial charge in [-0.1, -0.05) is 41.6 Å². The molecule has 0 N–H and O–H groups in total. The largest absolute Gasteiger partial charge is 0.436 e. The van der Waals surface area contributed by atoms with Crippen LogP contribution in [0, 0.1) is 0 Å². The van der Waals surface area contributed by atoms with Crippen LogP contribution in [0.25, 0.3) is 0 Å². The van der Waals surface area contributed by atoms with Gasteiger partial charge in [-0.3, -0.25) is 0 Å². The van der Waals surface area contributed by atoms with Crippen molar-refractivity contribution in [3.05, 3.63) is 73.1 Å². The molecule has 0 saturated carbocycles. The van der Waals surface area contributed by atoms with Crippen LogP contribution in [-0.2, 0) is 0 Å². The zero-order chi connectivity index (χ0) is 13.6. The van der Waals surface area contributed by atoms with Crippen molar-refractivity contribution in [1.82, 2.24) is 15.0 Å². The first-order valence-corrected chi connectivity index (χ1v) is 6.21. The molecule has 3 aromatic rings. The summed E-state index contributed by atoms with van der Waals surface area (Å²) in [6, 6.07) is 18.9. The normalized spacial score (nSPS) is 10.4. The fourth-order valence-corrected chi connectivity index (χ4v) is 1.69. The van der Waals surface area contributed by atoms with Crippen LogP contribution in [0.5, 0.6) is 11.5 Å². The highest BCUT2D eigenvalue weighted by atomic mass is 16.7. The maximum absolute atomic E-state index is 5.80.